The van der Waals surface area contributed by atoms with Crippen LogP contribution in [0, 0.1) is 0 Å². The van der Waals surface area contributed by atoms with Crippen LogP contribution >= 0.6 is 0 Å². The van der Waals surface area contributed by atoms with Crippen LogP contribution in [0.25, 0.3) is 11.3 Å². The summed E-state index contributed by atoms with van der Waals surface area (Å²) < 4.78 is 13.1. The van der Waals surface area contributed by atoms with Gasteiger partial charge in [-0.2, -0.15) is 0 Å². The Hall–Kier alpha value is -3.88. The first-order valence-corrected chi connectivity index (χ1v) is 12.0. The van der Waals surface area contributed by atoms with Crippen molar-refractivity contribution in [2.75, 3.05) is 13.7 Å². The molecule has 2 aliphatic heterocycles. The zero-order chi connectivity index (χ0) is 24.2. The quantitative estimate of drug-likeness (QED) is 0.560. The Kier molecular flexibility index (Phi) is 6.65. The van der Waals surface area contributed by atoms with E-state index in [-0.39, 0.29) is 23.9 Å². The molecule has 0 spiro atoms. The van der Waals surface area contributed by atoms with Crippen LogP contribution in [0.3, 0.4) is 0 Å². The number of benzene rings is 2. The highest BCUT2D eigenvalue weighted by molar-refractivity contribution is 5.97. The monoisotopic (exact) mass is 475 g/mol. The summed E-state index contributed by atoms with van der Waals surface area (Å²) in [7, 11) is 1.57. The number of nitrogens with one attached hydrogen (secondary N) is 2. The highest BCUT2D eigenvalue weighted by Gasteiger charge is 2.25. The summed E-state index contributed by atoms with van der Waals surface area (Å²) >= 11 is 0. The molecule has 1 aromatic heterocycles. The second-order valence-corrected chi connectivity index (χ2v) is 9.01. The molecule has 182 valence electrons. The molecule has 9 heteroatoms. The Morgan fingerprint density at radius 1 is 0.971 bits per heavy atom. The maximum atomic E-state index is 13.1. The highest BCUT2D eigenvalue weighted by atomic mass is 16.5. The zero-order valence-electron chi connectivity index (χ0n) is 19.7. The highest BCUT2D eigenvalue weighted by Crippen LogP contribution is 2.26. The third-order valence-corrected chi connectivity index (χ3v) is 6.58. The van der Waals surface area contributed by atoms with Crippen molar-refractivity contribution >= 4 is 11.8 Å². The minimum absolute atomic E-state index is 0.0437. The predicted octanol–water partition coefficient (Wildman–Crippen LogP) is 3.21. The van der Waals surface area contributed by atoms with Gasteiger partial charge in [-0.1, -0.05) is 17.3 Å². The molecule has 0 radical (unpaired) electrons. The number of amides is 2. The number of methoxy groups -OCH3 is 1. The van der Waals surface area contributed by atoms with E-state index in [9.17, 15) is 9.59 Å². The number of hydrogen-bond donors (Lipinski definition) is 2. The van der Waals surface area contributed by atoms with E-state index >= 15 is 0 Å². The normalized spacial score (nSPS) is 20.7. The van der Waals surface area contributed by atoms with Crippen LogP contribution in [0.5, 0.6) is 11.5 Å². The van der Waals surface area contributed by atoms with Gasteiger partial charge in [0.1, 0.15) is 17.2 Å². The first-order chi connectivity index (χ1) is 17.1. The molecule has 0 saturated heterocycles. The average molecular weight is 476 g/mol. The number of aryl methyl sites for hydroxylation is 1. The van der Waals surface area contributed by atoms with Gasteiger partial charge in [0.25, 0.3) is 11.8 Å². The SMILES string of the molecule is COc1ccc2c(c1)C(=O)NC1CCC(CC1)NC(=O)c1cccc(c1)-c1cn(nn1)CCCO2. The van der Waals surface area contributed by atoms with E-state index in [0.717, 1.165) is 31.2 Å². The number of fused-ring (bicyclic) bond motifs is 7. The molecule has 1 fully saturated rings. The van der Waals surface area contributed by atoms with Gasteiger partial charge in [0, 0.05) is 36.2 Å². The second-order valence-electron chi connectivity index (χ2n) is 9.01. The van der Waals surface area contributed by atoms with Crippen LogP contribution < -0.4 is 20.1 Å². The Morgan fingerprint density at radius 3 is 2.49 bits per heavy atom. The lowest BCUT2D eigenvalue weighted by molar-refractivity contribution is 0.0889. The van der Waals surface area contributed by atoms with Crippen molar-refractivity contribution in [3.8, 4) is 22.8 Å². The van der Waals surface area contributed by atoms with Crippen molar-refractivity contribution in [2.45, 2.75) is 50.7 Å². The summed E-state index contributed by atoms with van der Waals surface area (Å²) in [6.07, 6.45) is 5.73. The molecule has 9 nitrogen and oxygen atoms in total. The fraction of sp³-hybridized carbons (Fsp3) is 0.385. The molecule has 3 aliphatic rings. The lowest BCUT2D eigenvalue weighted by Gasteiger charge is -2.30. The van der Waals surface area contributed by atoms with Gasteiger partial charge in [-0.3, -0.25) is 14.3 Å². The molecule has 2 N–H and O–H groups in total. The second kappa shape index (κ2) is 10.2. The third kappa shape index (κ3) is 5.29. The standard InChI is InChI=1S/C26H29N5O4/c1-34-21-10-11-24-22(15-21)26(33)28-20-8-6-19(7-9-20)27-25(32)18-5-2-4-17(14-18)23-16-31(30-29-23)12-3-13-35-24/h2,4-5,10-11,14-16,19-20H,3,6-9,12-13H2,1H3,(H,27,32)(H,28,33). The summed E-state index contributed by atoms with van der Waals surface area (Å²) in [5.74, 6) is 0.842. The Labute approximate surface area is 203 Å². The van der Waals surface area contributed by atoms with Gasteiger partial charge >= 0.3 is 0 Å². The summed E-state index contributed by atoms with van der Waals surface area (Å²) in [5.41, 5.74) is 2.62. The van der Waals surface area contributed by atoms with Gasteiger partial charge in [0.05, 0.1) is 25.5 Å². The van der Waals surface area contributed by atoms with Gasteiger partial charge in [0.15, 0.2) is 0 Å². The number of carbonyl (C=O) groups excluding carboxylic acids is 2. The number of nitrogens with zero attached hydrogens (tertiary/aromatic N) is 3. The largest absolute Gasteiger partial charge is 0.497 e. The smallest absolute Gasteiger partial charge is 0.255 e. The van der Waals surface area contributed by atoms with Crippen LogP contribution in [0.2, 0.25) is 0 Å². The van der Waals surface area contributed by atoms with Crippen LogP contribution in [-0.4, -0.2) is 52.6 Å². The summed E-state index contributed by atoms with van der Waals surface area (Å²) in [4.78, 5) is 26.0. The maximum absolute atomic E-state index is 13.1. The summed E-state index contributed by atoms with van der Waals surface area (Å²) in [5, 5.41) is 14.8. The van der Waals surface area contributed by atoms with Gasteiger partial charge in [-0.25, -0.2) is 0 Å². The molecule has 0 unspecified atom stereocenters. The van der Waals surface area contributed by atoms with E-state index < -0.39 is 0 Å². The first-order valence-electron chi connectivity index (χ1n) is 12.0. The molecule has 3 aromatic rings. The van der Waals surface area contributed by atoms with E-state index in [1.807, 2.05) is 30.5 Å². The fourth-order valence-electron chi connectivity index (χ4n) is 4.62. The molecule has 35 heavy (non-hydrogen) atoms. The molecule has 6 rings (SSSR count). The van der Waals surface area contributed by atoms with Crippen molar-refractivity contribution in [2.24, 2.45) is 0 Å². The van der Waals surface area contributed by atoms with Gasteiger partial charge in [-0.05, 0) is 56.0 Å². The molecule has 2 amide bonds. The number of rotatable bonds is 1. The third-order valence-electron chi connectivity index (χ3n) is 6.58. The lowest BCUT2D eigenvalue weighted by atomic mass is 9.90. The Morgan fingerprint density at radius 2 is 1.71 bits per heavy atom. The lowest BCUT2D eigenvalue weighted by Crippen LogP contribution is -2.43. The van der Waals surface area contributed by atoms with Crippen LogP contribution in [-0.2, 0) is 6.54 Å². The number of carbonyl (C=O) groups is 2. The van der Waals surface area contributed by atoms with E-state index in [2.05, 4.69) is 20.9 Å². The molecule has 1 saturated carbocycles. The minimum Gasteiger partial charge on any atom is -0.497 e. The van der Waals surface area contributed by atoms with Gasteiger partial charge in [-0.15, -0.1) is 5.10 Å². The fourth-order valence-corrected chi connectivity index (χ4v) is 4.62. The molecule has 6 bridgehead atoms. The van der Waals surface area contributed by atoms with E-state index in [0.29, 0.717) is 47.9 Å². The van der Waals surface area contributed by atoms with E-state index in [1.54, 1.807) is 30.0 Å². The Bertz CT molecular complexity index is 1220. The van der Waals surface area contributed by atoms with Crippen LogP contribution in [0.4, 0.5) is 0 Å². The molecule has 3 heterocycles. The summed E-state index contributed by atoms with van der Waals surface area (Å²) in [6, 6.07) is 12.8. The maximum Gasteiger partial charge on any atom is 0.255 e. The van der Waals surface area contributed by atoms with Crippen molar-refractivity contribution in [1.29, 1.82) is 0 Å². The Balaban J connectivity index is 1.41. The summed E-state index contributed by atoms with van der Waals surface area (Å²) in [6.45, 7) is 1.02. The molecule has 2 aromatic carbocycles. The molecule has 0 atom stereocenters. The van der Waals surface area contributed by atoms with Gasteiger partial charge < -0.3 is 20.1 Å². The number of aromatic nitrogens is 3. The molecule has 1 aliphatic carbocycles. The number of ether oxygens (including phenoxy) is 2. The van der Waals surface area contributed by atoms with Gasteiger partial charge in [0.2, 0.25) is 0 Å². The first kappa shape index (κ1) is 22.9. The van der Waals surface area contributed by atoms with Crippen LogP contribution in [0.1, 0.15) is 52.8 Å². The van der Waals surface area contributed by atoms with E-state index in [1.165, 1.54) is 0 Å². The van der Waals surface area contributed by atoms with Crippen molar-refractivity contribution in [3.63, 3.8) is 0 Å². The van der Waals surface area contributed by atoms with Crippen molar-refractivity contribution < 1.29 is 19.1 Å². The van der Waals surface area contributed by atoms with E-state index in [4.69, 9.17) is 9.47 Å². The van der Waals surface area contributed by atoms with Crippen LogP contribution in [0.15, 0.2) is 48.7 Å². The topological polar surface area (TPSA) is 107 Å². The zero-order valence-corrected chi connectivity index (χ0v) is 19.7. The molecular weight excluding hydrogens is 446 g/mol. The minimum atomic E-state index is -0.182. The number of hydrogen-bond acceptors (Lipinski definition) is 6. The molecular formula is C26H29N5O4. The average Bonchev–Trinajstić information content (AvgIpc) is 3.36. The predicted molar refractivity (Wildman–Crippen MR) is 130 cm³/mol. The van der Waals surface area contributed by atoms with Crippen molar-refractivity contribution in [3.05, 3.63) is 59.8 Å². The van der Waals surface area contributed by atoms with Crippen molar-refractivity contribution in [1.82, 2.24) is 25.6 Å².